The fourth-order valence-electron chi connectivity index (χ4n) is 1.97. The second-order valence-corrected chi connectivity index (χ2v) is 4.23. The van der Waals surface area contributed by atoms with Gasteiger partial charge in [0, 0.05) is 23.5 Å². The van der Waals surface area contributed by atoms with Crippen LogP contribution in [-0.2, 0) is 6.18 Å². The SMILES string of the molecule is Cc1cc(C(O)c2cnccc2C(F)(F)F)c(C)o1. The number of halogens is 3. The van der Waals surface area contributed by atoms with Crippen molar-refractivity contribution in [2.45, 2.75) is 26.1 Å². The average molecular weight is 271 g/mol. The minimum atomic E-state index is -4.54. The van der Waals surface area contributed by atoms with E-state index in [4.69, 9.17) is 4.42 Å². The lowest BCUT2D eigenvalue weighted by Crippen LogP contribution is -2.13. The predicted octanol–water partition coefficient (Wildman–Crippen LogP) is 3.39. The molecule has 0 saturated carbocycles. The number of nitrogens with zero attached hydrogens (tertiary/aromatic N) is 1. The topological polar surface area (TPSA) is 46.3 Å². The van der Waals surface area contributed by atoms with Crippen molar-refractivity contribution in [3.8, 4) is 0 Å². The van der Waals surface area contributed by atoms with E-state index < -0.39 is 17.8 Å². The van der Waals surface area contributed by atoms with Gasteiger partial charge in [-0.3, -0.25) is 4.98 Å². The molecule has 0 fully saturated rings. The van der Waals surface area contributed by atoms with Crippen molar-refractivity contribution in [2.24, 2.45) is 0 Å². The van der Waals surface area contributed by atoms with E-state index in [1.54, 1.807) is 13.8 Å². The van der Waals surface area contributed by atoms with Crippen LogP contribution in [0.4, 0.5) is 13.2 Å². The highest BCUT2D eigenvalue weighted by atomic mass is 19.4. The van der Waals surface area contributed by atoms with Gasteiger partial charge in [-0.2, -0.15) is 13.2 Å². The Balaban J connectivity index is 2.50. The summed E-state index contributed by atoms with van der Waals surface area (Å²) in [6, 6.07) is 2.37. The van der Waals surface area contributed by atoms with Crippen LogP contribution in [0.1, 0.15) is 34.3 Å². The Labute approximate surface area is 107 Å². The molecule has 0 aromatic carbocycles. The number of hydrogen-bond acceptors (Lipinski definition) is 3. The molecule has 19 heavy (non-hydrogen) atoms. The number of hydrogen-bond donors (Lipinski definition) is 1. The van der Waals surface area contributed by atoms with E-state index in [9.17, 15) is 18.3 Å². The first-order valence-corrected chi connectivity index (χ1v) is 5.57. The number of furan rings is 1. The van der Waals surface area contributed by atoms with Crippen LogP contribution < -0.4 is 0 Å². The van der Waals surface area contributed by atoms with Crippen molar-refractivity contribution in [2.75, 3.05) is 0 Å². The monoisotopic (exact) mass is 271 g/mol. The summed E-state index contributed by atoms with van der Waals surface area (Å²) in [4.78, 5) is 3.65. The number of aryl methyl sites for hydroxylation is 2. The van der Waals surface area contributed by atoms with Gasteiger partial charge < -0.3 is 9.52 Å². The molecule has 0 bridgehead atoms. The number of rotatable bonds is 2. The molecule has 2 aromatic heterocycles. The van der Waals surface area contributed by atoms with E-state index in [1.807, 2.05) is 0 Å². The Bertz CT molecular complexity index is 590. The maximum absolute atomic E-state index is 12.9. The second kappa shape index (κ2) is 4.70. The molecule has 0 spiro atoms. The highest BCUT2D eigenvalue weighted by molar-refractivity contribution is 5.37. The van der Waals surface area contributed by atoms with Crippen molar-refractivity contribution in [3.63, 3.8) is 0 Å². The van der Waals surface area contributed by atoms with Crippen molar-refractivity contribution in [1.82, 2.24) is 4.98 Å². The summed E-state index contributed by atoms with van der Waals surface area (Å²) in [5.41, 5.74) is -0.858. The summed E-state index contributed by atoms with van der Waals surface area (Å²) in [5.74, 6) is 0.922. The number of aromatic nitrogens is 1. The molecule has 1 N–H and O–H groups in total. The van der Waals surface area contributed by atoms with Crippen LogP contribution >= 0.6 is 0 Å². The molecule has 0 aliphatic carbocycles. The van der Waals surface area contributed by atoms with E-state index in [1.165, 1.54) is 6.07 Å². The molecule has 2 rings (SSSR count). The van der Waals surface area contributed by atoms with Crippen LogP contribution in [0.15, 0.2) is 28.9 Å². The molecule has 6 heteroatoms. The fourth-order valence-corrected chi connectivity index (χ4v) is 1.97. The zero-order chi connectivity index (χ0) is 14.2. The third-order valence-corrected chi connectivity index (χ3v) is 2.83. The molecule has 1 atom stereocenters. The summed E-state index contributed by atoms with van der Waals surface area (Å²) in [6.07, 6.45) is -3.88. The first kappa shape index (κ1) is 13.6. The Morgan fingerprint density at radius 2 is 1.95 bits per heavy atom. The van der Waals surface area contributed by atoms with Crippen molar-refractivity contribution < 1.29 is 22.7 Å². The first-order chi connectivity index (χ1) is 8.80. The van der Waals surface area contributed by atoms with Crippen LogP contribution in [0.3, 0.4) is 0 Å². The minimum absolute atomic E-state index is 0.279. The molecule has 2 heterocycles. The van der Waals surface area contributed by atoms with E-state index in [-0.39, 0.29) is 5.56 Å². The maximum Gasteiger partial charge on any atom is 0.416 e. The standard InChI is InChI=1S/C13H12F3NO2/c1-7-5-9(8(2)19-7)12(18)10-6-17-4-3-11(10)13(14,15)16/h3-6,12,18H,1-2H3. The Hall–Kier alpha value is -1.82. The first-order valence-electron chi connectivity index (χ1n) is 5.57. The lowest BCUT2D eigenvalue weighted by Gasteiger charge is -2.16. The zero-order valence-corrected chi connectivity index (χ0v) is 10.3. The molecular weight excluding hydrogens is 259 g/mol. The van der Waals surface area contributed by atoms with Crippen LogP contribution in [0.2, 0.25) is 0 Å². The molecule has 1 unspecified atom stereocenters. The molecule has 0 radical (unpaired) electrons. The quantitative estimate of drug-likeness (QED) is 0.910. The molecule has 0 saturated heterocycles. The van der Waals surface area contributed by atoms with Gasteiger partial charge in [-0.1, -0.05) is 0 Å². The molecule has 3 nitrogen and oxygen atoms in total. The van der Waals surface area contributed by atoms with Gasteiger partial charge in [-0.15, -0.1) is 0 Å². The zero-order valence-electron chi connectivity index (χ0n) is 10.3. The Morgan fingerprint density at radius 1 is 1.26 bits per heavy atom. The van der Waals surface area contributed by atoms with E-state index in [0.717, 1.165) is 18.5 Å². The molecular formula is C13H12F3NO2. The van der Waals surface area contributed by atoms with E-state index >= 15 is 0 Å². The number of aliphatic hydroxyl groups is 1. The Morgan fingerprint density at radius 3 is 2.47 bits per heavy atom. The highest BCUT2D eigenvalue weighted by Crippen LogP contribution is 2.37. The van der Waals surface area contributed by atoms with Crippen molar-refractivity contribution in [3.05, 3.63) is 52.7 Å². The number of aliphatic hydroxyl groups excluding tert-OH is 1. The summed E-state index contributed by atoms with van der Waals surface area (Å²) in [7, 11) is 0. The molecule has 0 amide bonds. The largest absolute Gasteiger partial charge is 0.466 e. The summed E-state index contributed by atoms with van der Waals surface area (Å²) >= 11 is 0. The second-order valence-electron chi connectivity index (χ2n) is 4.23. The normalized spacial score (nSPS) is 13.6. The molecule has 2 aromatic rings. The van der Waals surface area contributed by atoms with Crippen molar-refractivity contribution >= 4 is 0 Å². The highest BCUT2D eigenvalue weighted by Gasteiger charge is 2.35. The lowest BCUT2D eigenvalue weighted by molar-refractivity contribution is -0.139. The summed E-state index contributed by atoms with van der Waals surface area (Å²) in [5, 5.41) is 10.1. The van der Waals surface area contributed by atoms with Crippen LogP contribution in [0.5, 0.6) is 0 Å². The van der Waals surface area contributed by atoms with Gasteiger partial charge in [-0.05, 0) is 26.0 Å². The van der Waals surface area contributed by atoms with E-state index in [2.05, 4.69) is 4.98 Å². The molecule has 0 aliphatic rings. The van der Waals surface area contributed by atoms with Gasteiger partial charge in [0.2, 0.25) is 0 Å². The Kier molecular flexibility index (Phi) is 3.36. The fraction of sp³-hybridized carbons (Fsp3) is 0.308. The van der Waals surface area contributed by atoms with Gasteiger partial charge in [0.25, 0.3) is 0 Å². The van der Waals surface area contributed by atoms with Gasteiger partial charge in [0.15, 0.2) is 0 Å². The smallest absolute Gasteiger partial charge is 0.416 e. The van der Waals surface area contributed by atoms with Gasteiger partial charge in [-0.25, -0.2) is 0 Å². The third kappa shape index (κ3) is 2.63. The minimum Gasteiger partial charge on any atom is -0.466 e. The lowest BCUT2D eigenvalue weighted by atomic mass is 9.99. The average Bonchev–Trinajstić information content (AvgIpc) is 2.66. The van der Waals surface area contributed by atoms with Gasteiger partial charge in [0.1, 0.15) is 17.6 Å². The number of pyridine rings is 1. The van der Waals surface area contributed by atoms with Crippen molar-refractivity contribution in [1.29, 1.82) is 0 Å². The molecule has 102 valence electrons. The van der Waals surface area contributed by atoms with Crippen LogP contribution in [0, 0.1) is 13.8 Å². The third-order valence-electron chi connectivity index (χ3n) is 2.83. The van der Waals surface area contributed by atoms with Gasteiger partial charge in [0.05, 0.1) is 5.56 Å². The number of alkyl halides is 3. The predicted molar refractivity (Wildman–Crippen MR) is 61.5 cm³/mol. The summed E-state index contributed by atoms with van der Waals surface area (Å²) < 4.78 is 43.8. The molecule has 0 aliphatic heterocycles. The van der Waals surface area contributed by atoms with Gasteiger partial charge >= 0.3 is 6.18 Å². The summed E-state index contributed by atoms with van der Waals surface area (Å²) in [6.45, 7) is 3.26. The van der Waals surface area contributed by atoms with E-state index in [0.29, 0.717) is 17.1 Å². The van der Waals surface area contributed by atoms with Crippen LogP contribution in [-0.4, -0.2) is 10.1 Å². The van der Waals surface area contributed by atoms with Crippen LogP contribution in [0.25, 0.3) is 0 Å². The maximum atomic E-state index is 12.9.